The van der Waals surface area contributed by atoms with E-state index in [0.29, 0.717) is 0 Å². The van der Waals surface area contributed by atoms with Crippen molar-refractivity contribution in [2.45, 2.75) is 13.3 Å². The minimum atomic E-state index is 0. The van der Waals surface area contributed by atoms with E-state index in [2.05, 4.69) is 20.1 Å². The van der Waals surface area contributed by atoms with E-state index >= 15 is 0 Å². The van der Waals surface area contributed by atoms with Crippen LogP contribution in [0.25, 0.3) is 0 Å². The van der Waals surface area contributed by atoms with Gasteiger partial charge in [-0.25, -0.2) is 19.1 Å². The SMILES string of the molecule is C=C([CH2-])CC(=C)C.[CH3-].[CH3-].[V+2].[Y]. The minimum Gasteiger partial charge on any atom is -0.358 e. The molecule has 11 heavy (non-hydrogen) atoms. The molecule has 0 N–H and O–H groups in total. The van der Waals surface area contributed by atoms with Crippen LogP contribution < -0.4 is 0 Å². The number of rotatable bonds is 2. The summed E-state index contributed by atoms with van der Waals surface area (Å²) in [6.45, 7) is 12.9. The van der Waals surface area contributed by atoms with Crippen LogP contribution in [0.4, 0.5) is 0 Å². The Morgan fingerprint density at radius 1 is 1.27 bits per heavy atom. The molecule has 0 unspecified atom stereocenters. The first-order chi connectivity index (χ1) is 3.13. The van der Waals surface area contributed by atoms with Crippen molar-refractivity contribution in [3.05, 3.63) is 46.1 Å². The number of hydrogen-bond donors (Lipinski definition) is 0. The first-order valence-electron chi connectivity index (χ1n) is 2.27. The predicted molar refractivity (Wildman–Crippen MR) is 46.8 cm³/mol. The fourth-order valence-corrected chi connectivity index (χ4v) is 0.427. The summed E-state index contributed by atoms with van der Waals surface area (Å²) in [4.78, 5) is 0. The van der Waals surface area contributed by atoms with Gasteiger partial charge in [-0.15, -0.1) is 0 Å². The van der Waals surface area contributed by atoms with Crippen LogP contribution in [-0.2, 0) is 51.3 Å². The summed E-state index contributed by atoms with van der Waals surface area (Å²) in [5, 5.41) is 0. The van der Waals surface area contributed by atoms with E-state index in [1.165, 1.54) is 0 Å². The van der Waals surface area contributed by atoms with Gasteiger partial charge in [0.05, 0.1) is 0 Å². The topological polar surface area (TPSA) is 0 Å². The Hall–Kier alpha value is 1.04. The van der Waals surface area contributed by atoms with Crippen LogP contribution in [-0.4, -0.2) is 0 Å². The average molecular weight is 265 g/mol. The molecule has 0 aliphatic rings. The third kappa shape index (κ3) is 35.5. The molecule has 0 rings (SSSR count). The maximum atomic E-state index is 3.69. The molecule has 0 bridgehead atoms. The van der Waals surface area contributed by atoms with Gasteiger partial charge in [0.15, 0.2) is 0 Å². The summed E-state index contributed by atoms with van der Waals surface area (Å²) in [7, 11) is 0. The second-order valence-electron chi connectivity index (χ2n) is 1.88. The second-order valence-corrected chi connectivity index (χ2v) is 1.88. The minimum absolute atomic E-state index is 0. The zero-order valence-electron chi connectivity index (χ0n) is 7.85. The predicted octanol–water partition coefficient (Wildman–Crippen LogP) is 3.24. The number of hydrogen-bond acceptors (Lipinski definition) is 0. The maximum Gasteiger partial charge on any atom is 2.00 e. The van der Waals surface area contributed by atoms with Gasteiger partial charge in [0.2, 0.25) is 0 Å². The van der Waals surface area contributed by atoms with Crippen molar-refractivity contribution in [2.75, 3.05) is 0 Å². The maximum absolute atomic E-state index is 3.69. The molecule has 0 aromatic rings. The van der Waals surface area contributed by atoms with Crippen LogP contribution in [0.3, 0.4) is 0 Å². The molecule has 0 heterocycles. The molecule has 2 radical (unpaired) electrons. The Balaban J connectivity index is -0.0000000300. The molecule has 0 amide bonds. The molecule has 0 aliphatic carbocycles. The number of allylic oxidation sites excluding steroid dienone is 2. The van der Waals surface area contributed by atoms with Crippen molar-refractivity contribution in [1.29, 1.82) is 0 Å². The molecular formula is C9H17VY-. The molecule has 0 aliphatic heterocycles. The first-order valence-corrected chi connectivity index (χ1v) is 2.27. The van der Waals surface area contributed by atoms with E-state index in [-0.39, 0.29) is 66.1 Å². The van der Waals surface area contributed by atoms with Crippen molar-refractivity contribution >= 4 is 0 Å². The third-order valence-electron chi connectivity index (χ3n) is 0.552. The molecule has 0 atom stereocenters. The summed E-state index contributed by atoms with van der Waals surface area (Å²) in [5.41, 5.74) is 2.06. The fourth-order valence-electron chi connectivity index (χ4n) is 0.427. The summed E-state index contributed by atoms with van der Waals surface area (Å²) in [6, 6.07) is 0. The van der Waals surface area contributed by atoms with Gasteiger partial charge in [-0.1, -0.05) is 12.2 Å². The van der Waals surface area contributed by atoms with E-state index < -0.39 is 0 Å². The Bertz CT molecular complexity index is 85.7. The van der Waals surface area contributed by atoms with Crippen molar-refractivity contribution in [3.8, 4) is 0 Å². The molecule has 0 aromatic heterocycles. The molecule has 0 saturated heterocycles. The Morgan fingerprint density at radius 3 is 1.55 bits per heavy atom. The van der Waals surface area contributed by atoms with E-state index in [9.17, 15) is 0 Å². The van der Waals surface area contributed by atoms with Gasteiger partial charge in [0.25, 0.3) is 0 Å². The van der Waals surface area contributed by atoms with Gasteiger partial charge in [0, 0.05) is 32.7 Å². The monoisotopic (exact) mass is 265 g/mol. The Kier molecular flexibility index (Phi) is 46.3. The molecule has 0 fully saturated rings. The zero-order chi connectivity index (χ0) is 5.86. The summed E-state index contributed by atoms with van der Waals surface area (Å²) < 4.78 is 0. The first kappa shape index (κ1) is 29.6. The summed E-state index contributed by atoms with van der Waals surface area (Å²) in [6.07, 6.45) is 0.861. The van der Waals surface area contributed by atoms with Crippen molar-refractivity contribution < 1.29 is 51.3 Å². The van der Waals surface area contributed by atoms with Gasteiger partial charge in [-0.3, -0.25) is 0 Å². The normalized spacial score (nSPS) is 5.18. The molecule has 0 saturated carbocycles. The van der Waals surface area contributed by atoms with Crippen molar-refractivity contribution in [1.82, 2.24) is 0 Å². The van der Waals surface area contributed by atoms with Gasteiger partial charge in [0.1, 0.15) is 0 Å². The third-order valence-corrected chi connectivity index (χ3v) is 0.552. The van der Waals surface area contributed by atoms with Crippen LogP contribution in [0.15, 0.2) is 24.3 Å². The molecule has 0 spiro atoms. The van der Waals surface area contributed by atoms with Crippen LogP contribution >= 0.6 is 0 Å². The molecular weight excluding hydrogens is 248 g/mol. The van der Waals surface area contributed by atoms with Gasteiger partial charge < -0.3 is 14.9 Å². The van der Waals surface area contributed by atoms with Crippen LogP contribution in [0.2, 0.25) is 0 Å². The average Bonchev–Trinajstić information content (AvgIpc) is 1.27. The molecule has 0 nitrogen and oxygen atoms in total. The molecule has 62 valence electrons. The van der Waals surface area contributed by atoms with Crippen molar-refractivity contribution in [3.63, 3.8) is 0 Å². The van der Waals surface area contributed by atoms with Crippen LogP contribution in [0.1, 0.15) is 13.3 Å². The van der Waals surface area contributed by atoms with Crippen molar-refractivity contribution in [2.24, 2.45) is 0 Å². The smallest absolute Gasteiger partial charge is 0.358 e. The Morgan fingerprint density at radius 2 is 1.55 bits per heavy atom. The van der Waals surface area contributed by atoms with E-state index in [0.717, 1.165) is 17.6 Å². The second kappa shape index (κ2) is 17.2. The quantitative estimate of drug-likeness (QED) is 0.531. The van der Waals surface area contributed by atoms with E-state index in [1.54, 1.807) is 0 Å². The molecule has 2 heteroatoms. The van der Waals surface area contributed by atoms with Gasteiger partial charge >= 0.3 is 18.6 Å². The van der Waals surface area contributed by atoms with Crippen LogP contribution in [0, 0.1) is 21.8 Å². The zero-order valence-corrected chi connectivity index (χ0v) is 12.1. The van der Waals surface area contributed by atoms with Crippen LogP contribution in [0.5, 0.6) is 0 Å². The summed E-state index contributed by atoms with van der Waals surface area (Å²) >= 11 is 0. The Labute approximate surface area is 110 Å². The molecule has 0 aromatic carbocycles. The van der Waals surface area contributed by atoms with E-state index in [1.807, 2.05) is 6.92 Å². The van der Waals surface area contributed by atoms with Gasteiger partial charge in [-0.2, -0.15) is 0 Å². The standard InChI is InChI=1S/C7H11.2CH3.V.Y/c1-6(2)5-7(3)4;;;;/h1-3,5H2,4H3;2*1H3;;/q3*-1;+2;. The van der Waals surface area contributed by atoms with E-state index in [4.69, 9.17) is 0 Å². The fraction of sp³-hybridized carbons (Fsp3) is 0.222. The largest absolute Gasteiger partial charge is 2.00 e. The summed E-state index contributed by atoms with van der Waals surface area (Å²) in [5.74, 6) is 0. The van der Waals surface area contributed by atoms with Gasteiger partial charge in [-0.05, 0) is 13.3 Å².